The molecule has 0 aromatic rings. The fourth-order valence-electron chi connectivity index (χ4n) is 7.76. The van der Waals surface area contributed by atoms with Crippen LogP contribution in [0, 0.1) is 29.6 Å². The van der Waals surface area contributed by atoms with E-state index in [0.29, 0.717) is 5.92 Å². The lowest BCUT2D eigenvalue weighted by Crippen LogP contribution is -2.56. The van der Waals surface area contributed by atoms with E-state index in [1.54, 1.807) is 0 Å². The molecule has 0 aliphatic carbocycles. The summed E-state index contributed by atoms with van der Waals surface area (Å²) in [4.78, 5) is 12.6. The minimum atomic E-state index is -2.09. The zero-order valence-electron chi connectivity index (χ0n) is 34.7. The molecule has 48 heavy (non-hydrogen) atoms. The van der Waals surface area contributed by atoms with Gasteiger partial charge in [0.25, 0.3) is 0 Å². The van der Waals surface area contributed by atoms with Crippen molar-refractivity contribution in [2.75, 3.05) is 7.11 Å². The largest absolute Gasteiger partial charge is 0.469 e. The number of carbonyl (C=O) groups excluding carboxylic acids is 1. The fraction of sp³-hybridized carbons (Fsp3) is 0.923. The van der Waals surface area contributed by atoms with Gasteiger partial charge in [-0.15, -0.1) is 6.58 Å². The molecular formula is C39H80O6Si3. The van der Waals surface area contributed by atoms with Crippen molar-refractivity contribution in [2.45, 2.75) is 195 Å². The molecule has 1 aliphatic heterocycles. The number of esters is 1. The van der Waals surface area contributed by atoms with E-state index >= 15 is 0 Å². The van der Waals surface area contributed by atoms with Crippen molar-refractivity contribution in [3.63, 3.8) is 0 Å². The van der Waals surface area contributed by atoms with Crippen LogP contribution >= 0.6 is 0 Å². The van der Waals surface area contributed by atoms with E-state index in [1.807, 2.05) is 13.0 Å². The third-order valence-corrected chi connectivity index (χ3v) is 26.9. The number of rotatable bonds is 21. The molecule has 0 spiro atoms. The molecule has 1 aliphatic rings. The highest BCUT2D eigenvalue weighted by Gasteiger charge is 2.49. The summed E-state index contributed by atoms with van der Waals surface area (Å²) in [7, 11) is -4.67. The first-order chi connectivity index (χ1) is 22.2. The maximum Gasteiger partial charge on any atom is 0.311 e. The van der Waals surface area contributed by atoms with Crippen molar-refractivity contribution in [3.8, 4) is 0 Å². The Morgan fingerprint density at radius 2 is 1.27 bits per heavy atom. The summed E-state index contributed by atoms with van der Waals surface area (Å²) in [6.45, 7) is 41.2. The zero-order chi connectivity index (χ0) is 37.3. The summed E-state index contributed by atoms with van der Waals surface area (Å²) in [5.41, 5.74) is 0. The molecule has 0 aromatic heterocycles. The van der Waals surface area contributed by atoms with Gasteiger partial charge in [0.05, 0.1) is 43.5 Å². The van der Waals surface area contributed by atoms with Crippen molar-refractivity contribution < 1.29 is 27.5 Å². The molecule has 10 atom stereocenters. The monoisotopic (exact) mass is 729 g/mol. The fourth-order valence-corrected chi connectivity index (χ4v) is 15.1. The van der Waals surface area contributed by atoms with Gasteiger partial charge in [0.15, 0.2) is 25.0 Å². The van der Waals surface area contributed by atoms with Gasteiger partial charge in [0.1, 0.15) is 0 Å². The van der Waals surface area contributed by atoms with Gasteiger partial charge in [-0.3, -0.25) is 4.79 Å². The molecule has 1 saturated heterocycles. The van der Waals surface area contributed by atoms with Crippen molar-refractivity contribution in [1.29, 1.82) is 0 Å². The van der Waals surface area contributed by atoms with Gasteiger partial charge in [-0.25, -0.2) is 0 Å². The molecule has 1 heterocycles. The Labute approximate surface area is 301 Å². The van der Waals surface area contributed by atoms with Crippen LogP contribution in [0.1, 0.15) is 110 Å². The van der Waals surface area contributed by atoms with Crippen LogP contribution in [0.25, 0.3) is 0 Å². The molecule has 0 saturated carbocycles. The van der Waals surface area contributed by atoms with Gasteiger partial charge in [0, 0.05) is 17.8 Å². The van der Waals surface area contributed by atoms with Crippen LogP contribution in [-0.4, -0.2) is 68.6 Å². The quantitative estimate of drug-likeness (QED) is 0.0666. The molecule has 284 valence electrons. The van der Waals surface area contributed by atoms with Gasteiger partial charge in [-0.1, -0.05) is 96.1 Å². The highest BCUT2D eigenvalue weighted by Crippen LogP contribution is 2.43. The Hall–Kier alpha value is -0.299. The Morgan fingerprint density at radius 3 is 1.67 bits per heavy atom. The minimum absolute atomic E-state index is 0.0271. The number of hydrogen-bond donors (Lipinski definition) is 0. The van der Waals surface area contributed by atoms with E-state index in [9.17, 15) is 4.79 Å². The lowest BCUT2D eigenvalue weighted by Gasteiger charge is -2.50. The molecule has 1 fully saturated rings. The Balaban J connectivity index is 3.84. The van der Waals surface area contributed by atoms with E-state index in [-0.39, 0.29) is 65.2 Å². The van der Waals surface area contributed by atoms with Gasteiger partial charge in [-0.05, 0) is 80.1 Å². The zero-order valence-corrected chi connectivity index (χ0v) is 37.7. The number of methoxy groups -OCH3 is 1. The Bertz CT molecular complexity index is 943. The summed E-state index contributed by atoms with van der Waals surface area (Å²) in [5, 5.41) is 0.0891. The molecule has 0 bridgehead atoms. The van der Waals surface area contributed by atoms with Crippen molar-refractivity contribution in [2.24, 2.45) is 29.6 Å². The number of hydrogen-bond acceptors (Lipinski definition) is 6. The first-order valence-corrected chi connectivity index (χ1v) is 27.6. The topological polar surface area (TPSA) is 63.2 Å². The molecule has 1 rings (SSSR count). The lowest BCUT2D eigenvalue weighted by atomic mass is 9.76. The molecular weight excluding hydrogens is 649 g/mol. The van der Waals surface area contributed by atoms with Crippen LogP contribution in [-0.2, 0) is 27.5 Å². The molecule has 0 radical (unpaired) electrons. The normalized spacial score (nSPS) is 24.2. The van der Waals surface area contributed by atoms with Gasteiger partial charge < -0.3 is 22.8 Å². The molecule has 9 heteroatoms. The Kier molecular flexibility index (Phi) is 18.6. The van der Waals surface area contributed by atoms with Gasteiger partial charge in [-0.2, -0.15) is 0 Å². The standard InChI is InChI=1S/C39H80O6Si3/c1-19-33(43-46(17,18)39(13,14)15)29(9)36(44-47(20-2,21-3)22-4)32(12)37(45-48(23-5,24-6)25-7)31(11)35-28(8)26-27-34(42-35)30(10)38(40)41-16/h19,28-37H,1,20-27H2,2-18H3/t28-,29-,30-,31+,32-,33+,34-,35-,36-,37+/m0/s1. The summed E-state index contributed by atoms with van der Waals surface area (Å²) in [6, 6.07) is 6.52. The smallest absolute Gasteiger partial charge is 0.311 e. The average molecular weight is 729 g/mol. The Morgan fingerprint density at radius 1 is 0.812 bits per heavy atom. The van der Waals surface area contributed by atoms with E-state index in [0.717, 1.165) is 49.1 Å². The molecule has 0 aromatic carbocycles. The van der Waals surface area contributed by atoms with Crippen LogP contribution in [0.5, 0.6) is 0 Å². The summed E-state index contributed by atoms with van der Waals surface area (Å²) >= 11 is 0. The van der Waals surface area contributed by atoms with E-state index in [2.05, 4.69) is 110 Å². The highest BCUT2D eigenvalue weighted by molar-refractivity contribution is 6.74. The van der Waals surface area contributed by atoms with Crippen LogP contribution < -0.4 is 0 Å². The third-order valence-electron chi connectivity index (χ3n) is 13.1. The van der Waals surface area contributed by atoms with Crippen molar-refractivity contribution in [1.82, 2.24) is 0 Å². The predicted octanol–water partition coefficient (Wildman–Crippen LogP) is 11.2. The predicted molar refractivity (Wildman–Crippen MR) is 212 cm³/mol. The van der Waals surface area contributed by atoms with Crippen molar-refractivity contribution >= 4 is 30.9 Å². The number of ether oxygens (including phenoxy) is 2. The SMILES string of the molecule is C=C[C@@H](O[Si](C)(C)C(C)(C)C)[C@H](C)[C@H](O[Si](CC)(CC)CC)[C@H](C)[C@H](O[Si](CC)(CC)CC)[C@H](C)[C@H]1O[C@H]([C@H](C)C(=O)OC)CC[C@@H]1C. The second-order valence-electron chi connectivity index (χ2n) is 16.8. The second-order valence-corrected chi connectivity index (χ2v) is 31.0. The first kappa shape index (κ1) is 45.7. The van der Waals surface area contributed by atoms with Crippen molar-refractivity contribution in [3.05, 3.63) is 12.7 Å². The van der Waals surface area contributed by atoms with Crippen LogP contribution in [0.2, 0.25) is 54.4 Å². The molecule has 6 nitrogen and oxygen atoms in total. The first-order valence-electron chi connectivity index (χ1n) is 19.6. The minimum Gasteiger partial charge on any atom is -0.469 e. The van der Waals surface area contributed by atoms with E-state index in [1.165, 1.54) is 7.11 Å². The average Bonchev–Trinajstić information content (AvgIpc) is 3.07. The van der Waals surface area contributed by atoms with E-state index in [4.69, 9.17) is 22.8 Å². The van der Waals surface area contributed by atoms with Gasteiger partial charge in [0.2, 0.25) is 0 Å². The second kappa shape index (κ2) is 19.5. The molecule has 0 unspecified atom stereocenters. The highest BCUT2D eigenvalue weighted by atomic mass is 28.4. The molecule has 0 amide bonds. The van der Waals surface area contributed by atoms with Crippen LogP contribution in [0.15, 0.2) is 12.7 Å². The maximum atomic E-state index is 12.6. The van der Waals surface area contributed by atoms with Gasteiger partial charge >= 0.3 is 5.97 Å². The summed E-state index contributed by atoms with van der Waals surface area (Å²) in [5.74, 6) is 0.168. The van der Waals surface area contributed by atoms with E-state index < -0.39 is 25.0 Å². The van der Waals surface area contributed by atoms with Crippen LogP contribution in [0.3, 0.4) is 0 Å². The third kappa shape index (κ3) is 11.1. The number of carbonyl (C=O) groups is 1. The summed E-state index contributed by atoms with van der Waals surface area (Å²) in [6.07, 6.45) is 3.51. The maximum absolute atomic E-state index is 12.6. The van der Waals surface area contributed by atoms with Crippen LogP contribution in [0.4, 0.5) is 0 Å². The molecule has 0 N–H and O–H groups in total. The summed E-state index contributed by atoms with van der Waals surface area (Å²) < 4.78 is 34.5. The lowest BCUT2D eigenvalue weighted by molar-refractivity contribution is -0.169.